The van der Waals surface area contributed by atoms with Crippen LogP contribution in [0.3, 0.4) is 0 Å². The second-order valence-electron chi connectivity index (χ2n) is 6.35. The van der Waals surface area contributed by atoms with E-state index in [1.165, 1.54) is 25.3 Å². The highest BCUT2D eigenvalue weighted by atomic mass is 35.5. The molecule has 0 N–H and O–H groups in total. The van der Waals surface area contributed by atoms with Crippen molar-refractivity contribution in [1.29, 1.82) is 0 Å². The molecule has 1 unspecified atom stereocenters. The molecule has 0 spiro atoms. The maximum Gasteiger partial charge on any atom is 0.416 e. The van der Waals surface area contributed by atoms with E-state index in [1.54, 1.807) is 6.07 Å². The van der Waals surface area contributed by atoms with Crippen molar-refractivity contribution in [3.05, 3.63) is 29.8 Å². The van der Waals surface area contributed by atoms with Crippen molar-refractivity contribution in [2.24, 2.45) is 5.92 Å². The number of likely N-dealkylation sites (tertiary alicyclic amines) is 1. The quantitative estimate of drug-likeness (QED) is 0.599. The summed E-state index contributed by atoms with van der Waals surface area (Å²) in [6, 6.07) is 5.15. The molecule has 0 bridgehead atoms. The SMILES string of the molecule is CCCCCN1CCCC(COc2cccc(C(F)(F)F)c2)C1.Cl. The van der Waals surface area contributed by atoms with E-state index in [1.807, 2.05) is 0 Å². The summed E-state index contributed by atoms with van der Waals surface area (Å²) in [5.41, 5.74) is -0.653. The van der Waals surface area contributed by atoms with Crippen LogP contribution in [-0.4, -0.2) is 31.1 Å². The van der Waals surface area contributed by atoms with Crippen molar-refractivity contribution < 1.29 is 17.9 Å². The second-order valence-corrected chi connectivity index (χ2v) is 6.35. The lowest BCUT2D eigenvalue weighted by Gasteiger charge is -2.32. The summed E-state index contributed by atoms with van der Waals surface area (Å²) in [6.45, 7) is 5.92. The van der Waals surface area contributed by atoms with E-state index >= 15 is 0 Å². The van der Waals surface area contributed by atoms with Crippen LogP contribution in [0.25, 0.3) is 0 Å². The number of alkyl halides is 3. The van der Waals surface area contributed by atoms with Crippen LogP contribution in [0.15, 0.2) is 24.3 Å². The number of ether oxygens (including phenoxy) is 1. The molecule has 1 saturated heterocycles. The molecule has 2 nitrogen and oxygen atoms in total. The minimum Gasteiger partial charge on any atom is -0.493 e. The third kappa shape index (κ3) is 6.89. The van der Waals surface area contributed by atoms with Crippen molar-refractivity contribution in [3.63, 3.8) is 0 Å². The molecule has 1 aromatic carbocycles. The molecule has 1 atom stereocenters. The van der Waals surface area contributed by atoms with Crippen molar-refractivity contribution >= 4 is 12.4 Å². The molecule has 138 valence electrons. The fourth-order valence-corrected chi connectivity index (χ4v) is 3.05. The summed E-state index contributed by atoms with van der Waals surface area (Å²) < 4.78 is 43.7. The second kappa shape index (κ2) is 10.1. The molecule has 24 heavy (non-hydrogen) atoms. The Morgan fingerprint density at radius 1 is 1.25 bits per heavy atom. The minimum atomic E-state index is -4.32. The predicted octanol–water partition coefficient (Wildman–Crippen LogP) is 5.41. The van der Waals surface area contributed by atoms with Gasteiger partial charge in [0.05, 0.1) is 12.2 Å². The highest BCUT2D eigenvalue weighted by molar-refractivity contribution is 5.85. The van der Waals surface area contributed by atoms with Gasteiger partial charge < -0.3 is 9.64 Å². The van der Waals surface area contributed by atoms with Crippen LogP contribution in [0.2, 0.25) is 0 Å². The normalized spacial score (nSPS) is 18.9. The zero-order chi connectivity index (χ0) is 16.7. The van der Waals surface area contributed by atoms with Crippen LogP contribution >= 0.6 is 12.4 Å². The molecule has 0 radical (unpaired) electrons. The molecule has 0 aliphatic carbocycles. The Bertz CT molecular complexity index is 482. The molecule has 0 saturated carbocycles. The minimum absolute atomic E-state index is 0. The van der Waals surface area contributed by atoms with E-state index in [-0.39, 0.29) is 12.4 Å². The Morgan fingerprint density at radius 3 is 2.75 bits per heavy atom. The van der Waals surface area contributed by atoms with E-state index in [2.05, 4.69) is 11.8 Å². The zero-order valence-corrected chi connectivity index (χ0v) is 15.0. The van der Waals surface area contributed by atoms with Crippen LogP contribution < -0.4 is 4.74 Å². The van der Waals surface area contributed by atoms with E-state index in [0.717, 1.165) is 44.6 Å². The zero-order valence-electron chi connectivity index (χ0n) is 14.1. The van der Waals surface area contributed by atoms with Gasteiger partial charge in [-0.2, -0.15) is 13.2 Å². The lowest BCUT2D eigenvalue weighted by Crippen LogP contribution is -2.38. The monoisotopic (exact) mass is 365 g/mol. The molecule has 1 heterocycles. The van der Waals surface area contributed by atoms with E-state index < -0.39 is 11.7 Å². The van der Waals surface area contributed by atoms with Crippen LogP contribution in [-0.2, 0) is 6.18 Å². The Kier molecular flexibility index (Phi) is 8.92. The van der Waals surface area contributed by atoms with Crippen molar-refractivity contribution in [2.45, 2.75) is 45.2 Å². The Morgan fingerprint density at radius 2 is 2.04 bits per heavy atom. The van der Waals surface area contributed by atoms with Crippen molar-refractivity contribution in [1.82, 2.24) is 4.90 Å². The fraction of sp³-hybridized carbons (Fsp3) is 0.667. The molecule has 0 aromatic heterocycles. The van der Waals surface area contributed by atoms with Gasteiger partial charge >= 0.3 is 6.18 Å². The third-order valence-corrected chi connectivity index (χ3v) is 4.33. The number of benzene rings is 1. The number of piperidine rings is 1. The maximum atomic E-state index is 12.7. The Labute approximate surface area is 148 Å². The van der Waals surface area contributed by atoms with Crippen molar-refractivity contribution in [3.8, 4) is 5.75 Å². The number of nitrogens with zero attached hydrogens (tertiary/aromatic N) is 1. The van der Waals surface area contributed by atoms with Gasteiger partial charge in [0.1, 0.15) is 5.75 Å². The van der Waals surface area contributed by atoms with Gasteiger partial charge in [-0.25, -0.2) is 0 Å². The lowest BCUT2D eigenvalue weighted by molar-refractivity contribution is -0.137. The molecular weight excluding hydrogens is 339 g/mol. The largest absolute Gasteiger partial charge is 0.493 e. The van der Waals surface area contributed by atoms with Crippen LogP contribution in [0.4, 0.5) is 13.2 Å². The first-order valence-corrected chi connectivity index (χ1v) is 8.51. The summed E-state index contributed by atoms with van der Waals surface area (Å²) >= 11 is 0. The first-order valence-electron chi connectivity index (χ1n) is 8.51. The molecule has 6 heteroatoms. The van der Waals surface area contributed by atoms with Crippen molar-refractivity contribution in [2.75, 3.05) is 26.2 Å². The number of rotatable bonds is 7. The summed E-state index contributed by atoms with van der Waals surface area (Å²) in [4.78, 5) is 2.46. The van der Waals surface area contributed by atoms with Gasteiger partial charge in [-0.1, -0.05) is 25.8 Å². The Hall–Kier alpha value is -0.940. The Balaban J connectivity index is 0.00000288. The number of hydrogen-bond acceptors (Lipinski definition) is 2. The molecule has 1 aromatic rings. The summed E-state index contributed by atoms with van der Waals surface area (Å²) in [5.74, 6) is 0.711. The van der Waals surface area contributed by atoms with Gasteiger partial charge in [0, 0.05) is 12.5 Å². The maximum absolute atomic E-state index is 12.7. The molecule has 0 amide bonds. The van der Waals surface area contributed by atoms with Gasteiger partial charge in [-0.3, -0.25) is 0 Å². The average Bonchev–Trinajstić information content (AvgIpc) is 2.53. The highest BCUT2D eigenvalue weighted by Gasteiger charge is 2.30. The summed E-state index contributed by atoms with van der Waals surface area (Å²) in [5, 5.41) is 0. The van der Waals surface area contributed by atoms with Gasteiger partial charge in [-0.15, -0.1) is 12.4 Å². The van der Waals surface area contributed by atoms with Crippen LogP contribution in [0.1, 0.15) is 44.6 Å². The van der Waals surface area contributed by atoms with Gasteiger partial charge in [0.2, 0.25) is 0 Å². The van der Waals surface area contributed by atoms with Crippen LogP contribution in [0, 0.1) is 5.92 Å². The number of halogens is 4. The molecule has 1 aliphatic rings. The molecule has 1 fully saturated rings. The first-order chi connectivity index (χ1) is 11.0. The van der Waals surface area contributed by atoms with E-state index in [0.29, 0.717) is 18.3 Å². The molecular formula is C18H27ClF3NO. The van der Waals surface area contributed by atoms with Gasteiger partial charge in [0.25, 0.3) is 0 Å². The number of unbranched alkanes of at least 4 members (excludes halogenated alkanes) is 2. The van der Waals surface area contributed by atoms with Crippen LogP contribution in [0.5, 0.6) is 5.75 Å². The summed E-state index contributed by atoms with van der Waals surface area (Å²) in [7, 11) is 0. The van der Waals surface area contributed by atoms with E-state index in [9.17, 15) is 13.2 Å². The molecule has 2 rings (SSSR count). The fourth-order valence-electron chi connectivity index (χ4n) is 3.05. The summed E-state index contributed by atoms with van der Waals surface area (Å²) in [6.07, 6.45) is 1.60. The lowest BCUT2D eigenvalue weighted by atomic mass is 9.98. The standard InChI is InChI=1S/C18H26F3NO.ClH/c1-2-3-4-10-22-11-6-7-15(13-22)14-23-17-9-5-8-16(12-17)18(19,20)21;/h5,8-9,12,15H,2-4,6-7,10-11,13-14H2,1H3;1H. The smallest absolute Gasteiger partial charge is 0.416 e. The highest BCUT2D eigenvalue weighted by Crippen LogP contribution is 2.31. The third-order valence-electron chi connectivity index (χ3n) is 4.33. The average molecular weight is 366 g/mol. The first kappa shape index (κ1) is 21.1. The topological polar surface area (TPSA) is 12.5 Å². The predicted molar refractivity (Wildman–Crippen MR) is 92.9 cm³/mol. The van der Waals surface area contributed by atoms with Gasteiger partial charge in [0.15, 0.2) is 0 Å². The molecule has 1 aliphatic heterocycles. The van der Waals surface area contributed by atoms with Gasteiger partial charge in [-0.05, 0) is 50.6 Å². The van der Waals surface area contributed by atoms with E-state index in [4.69, 9.17) is 4.74 Å². The number of hydrogen-bond donors (Lipinski definition) is 0.